The van der Waals surface area contributed by atoms with E-state index in [2.05, 4.69) is 48.0 Å². The zero-order valence-corrected chi connectivity index (χ0v) is 30.2. The maximum atomic E-state index is 13.0. The zero-order chi connectivity index (χ0) is 33.8. The number of carbonyl (C=O) groups is 1. The van der Waals surface area contributed by atoms with Crippen molar-refractivity contribution in [3.8, 4) is 16.9 Å². The molecule has 5 heterocycles. The first-order chi connectivity index (χ1) is 23.8. The van der Waals surface area contributed by atoms with E-state index in [1.165, 1.54) is 11.4 Å². The molecule has 0 aliphatic carbocycles. The molecule has 252 valence electrons. The van der Waals surface area contributed by atoms with Crippen molar-refractivity contribution < 1.29 is 14.6 Å². The summed E-state index contributed by atoms with van der Waals surface area (Å²) >= 11 is 10.7. The fourth-order valence-electron chi connectivity index (χ4n) is 7.61. The van der Waals surface area contributed by atoms with Crippen LogP contribution in [0.1, 0.15) is 70.9 Å². The van der Waals surface area contributed by atoms with Crippen LogP contribution >= 0.6 is 35.1 Å². The first-order valence-corrected chi connectivity index (χ1v) is 19.3. The molecule has 11 heteroatoms. The number of rotatable bonds is 1. The maximum Gasteiger partial charge on any atom is 0.352 e. The van der Waals surface area contributed by atoms with Crippen LogP contribution < -0.4 is 4.74 Å². The normalized spacial score (nSPS) is 17.0. The van der Waals surface area contributed by atoms with Gasteiger partial charge in [0.1, 0.15) is 11.4 Å². The Morgan fingerprint density at radius 2 is 1.86 bits per heavy atom. The number of aromatic carboxylic acids is 1. The molecule has 0 radical (unpaired) electrons. The number of carboxylic acids is 1. The third-order valence-electron chi connectivity index (χ3n) is 9.96. The first-order valence-electron chi connectivity index (χ1n) is 16.8. The van der Waals surface area contributed by atoms with Crippen molar-refractivity contribution in [2.75, 3.05) is 6.61 Å². The molecule has 0 fully saturated rings. The monoisotopic (exact) mass is 711 g/mol. The van der Waals surface area contributed by atoms with Gasteiger partial charge in [-0.3, -0.25) is 9.36 Å². The third kappa shape index (κ3) is 5.81. The molecule has 0 saturated heterocycles. The summed E-state index contributed by atoms with van der Waals surface area (Å²) in [7, 11) is 3.87. The molecule has 8 bridgehead atoms. The fourth-order valence-corrected chi connectivity index (χ4v) is 9.69. The molecule has 1 N–H and O–H groups in total. The first kappa shape index (κ1) is 32.4. The van der Waals surface area contributed by atoms with E-state index in [9.17, 15) is 9.90 Å². The number of carboxylic acid groups (broad SMARTS) is 1. The lowest BCUT2D eigenvalue weighted by atomic mass is 9.92. The highest BCUT2D eigenvalue weighted by molar-refractivity contribution is 7.98. The number of halogens is 1. The van der Waals surface area contributed by atoms with E-state index in [0.717, 1.165) is 97.7 Å². The molecule has 0 spiro atoms. The number of aryl methyl sites for hydroxylation is 3. The van der Waals surface area contributed by atoms with Crippen LogP contribution in [0.5, 0.6) is 5.75 Å². The Morgan fingerprint density at radius 3 is 2.71 bits per heavy atom. The van der Waals surface area contributed by atoms with Gasteiger partial charge in [0.15, 0.2) is 0 Å². The molecule has 3 aromatic heterocycles. The summed E-state index contributed by atoms with van der Waals surface area (Å²) in [6.45, 7) is 3.41. The van der Waals surface area contributed by atoms with Crippen molar-refractivity contribution in [3.63, 3.8) is 0 Å². The summed E-state index contributed by atoms with van der Waals surface area (Å²) in [5.41, 5.74) is 8.26. The molecule has 2 aliphatic heterocycles. The van der Waals surface area contributed by atoms with Gasteiger partial charge in [0.05, 0.1) is 28.5 Å². The van der Waals surface area contributed by atoms with E-state index in [-0.39, 0.29) is 5.92 Å². The van der Waals surface area contributed by atoms with Gasteiger partial charge in [-0.05, 0) is 66.8 Å². The largest absolute Gasteiger partial charge is 0.493 e. The number of ether oxygens (including phenoxy) is 1. The lowest BCUT2D eigenvalue weighted by Gasteiger charge is -2.17. The zero-order valence-electron chi connectivity index (χ0n) is 27.8. The van der Waals surface area contributed by atoms with Crippen LogP contribution in [0.25, 0.3) is 32.8 Å². The van der Waals surface area contributed by atoms with Crippen molar-refractivity contribution >= 4 is 62.8 Å². The molecular weight excluding hydrogens is 674 g/mol. The fraction of sp³-hybridized carbons (Fsp3) is 0.342. The van der Waals surface area contributed by atoms with Crippen molar-refractivity contribution in [3.05, 3.63) is 93.7 Å². The highest BCUT2D eigenvalue weighted by atomic mass is 35.5. The Morgan fingerprint density at radius 1 is 1.00 bits per heavy atom. The van der Waals surface area contributed by atoms with Crippen LogP contribution in [0.4, 0.5) is 0 Å². The molecule has 6 aromatic rings. The summed E-state index contributed by atoms with van der Waals surface area (Å²) in [6.07, 6.45) is 3.73. The number of hydrogen-bond donors (Lipinski definition) is 1. The van der Waals surface area contributed by atoms with E-state index in [1.54, 1.807) is 23.5 Å². The summed E-state index contributed by atoms with van der Waals surface area (Å²) in [5.74, 6) is 2.04. The Kier molecular flexibility index (Phi) is 8.66. The molecule has 3 aromatic carbocycles. The number of hydrogen-bond acceptors (Lipinski definition) is 6. The standard InChI is InChI=1S/C38H38ClN5O3S2/c1-22-13-15-47-32-18-26(16-23-8-4-5-9-27(23)32)49-20-25-17-24(40-43(25)3)19-48-21-30-35(31-10-6-7-14-44(31)41-30)34-29(39)12-11-28-33(22)37(38(45)46)42(2)36(28)34/h4-5,8-9,11-12,16-18,22H,6-7,10,13-15,19-21H2,1-3H3,(H,45,46)/t22-/m0/s1. The second-order valence-corrected chi connectivity index (χ2v) is 15.5. The highest BCUT2D eigenvalue weighted by Crippen LogP contribution is 2.45. The summed E-state index contributed by atoms with van der Waals surface area (Å²) < 4.78 is 12.5. The van der Waals surface area contributed by atoms with Gasteiger partial charge < -0.3 is 14.4 Å². The van der Waals surface area contributed by atoms with Crippen LogP contribution in [0.2, 0.25) is 5.02 Å². The van der Waals surface area contributed by atoms with E-state index >= 15 is 0 Å². The van der Waals surface area contributed by atoms with E-state index < -0.39 is 5.97 Å². The Labute approximate surface area is 298 Å². The predicted octanol–water partition coefficient (Wildman–Crippen LogP) is 9.23. The van der Waals surface area contributed by atoms with Crippen molar-refractivity contribution in [1.82, 2.24) is 24.1 Å². The van der Waals surface area contributed by atoms with Gasteiger partial charge in [-0.25, -0.2) is 4.79 Å². The van der Waals surface area contributed by atoms with E-state index in [0.29, 0.717) is 29.5 Å². The average molecular weight is 712 g/mol. The lowest BCUT2D eigenvalue weighted by molar-refractivity contribution is 0.0685. The second-order valence-electron chi connectivity index (χ2n) is 13.1. The lowest BCUT2D eigenvalue weighted by Crippen LogP contribution is -2.12. The minimum absolute atomic E-state index is 0.0864. The summed E-state index contributed by atoms with van der Waals surface area (Å²) in [6, 6.07) is 18.8. The molecule has 0 unspecified atom stereocenters. The minimum Gasteiger partial charge on any atom is -0.493 e. The summed E-state index contributed by atoms with van der Waals surface area (Å²) in [4.78, 5) is 14.1. The molecule has 8 rings (SSSR count). The molecular formula is C38H38ClN5O3S2. The molecule has 0 amide bonds. The second kappa shape index (κ2) is 13.1. The number of aromatic nitrogens is 5. The number of fused-ring (bicyclic) bond motifs is 10. The van der Waals surface area contributed by atoms with Gasteiger partial charge in [0.2, 0.25) is 0 Å². The van der Waals surface area contributed by atoms with Crippen LogP contribution in [-0.2, 0) is 44.3 Å². The van der Waals surface area contributed by atoms with Gasteiger partial charge in [-0.15, -0.1) is 23.5 Å². The van der Waals surface area contributed by atoms with Crippen LogP contribution in [0.15, 0.2) is 59.5 Å². The third-order valence-corrected chi connectivity index (χ3v) is 12.3. The minimum atomic E-state index is -0.948. The van der Waals surface area contributed by atoms with Gasteiger partial charge in [-0.2, -0.15) is 10.2 Å². The Bertz CT molecular complexity index is 2250. The van der Waals surface area contributed by atoms with Crippen LogP contribution in [-0.4, -0.2) is 41.8 Å². The van der Waals surface area contributed by atoms with Crippen LogP contribution in [0, 0.1) is 0 Å². The average Bonchev–Trinajstić information content (AvgIpc) is 3.73. The highest BCUT2D eigenvalue weighted by Gasteiger charge is 2.31. The topological polar surface area (TPSA) is 87.1 Å². The SMILES string of the molecule is C[C@H]1CCOc2cc(cc3ccccc23)SCc2cc(nn2C)CSCc2nn3c(c2-c2c(Cl)ccc4c1c(C(=O)O)n(C)c24)CCCC3. The van der Waals surface area contributed by atoms with E-state index in [4.69, 9.17) is 26.5 Å². The Balaban J connectivity index is 1.29. The smallest absolute Gasteiger partial charge is 0.352 e. The van der Waals surface area contributed by atoms with E-state index in [1.807, 2.05) is 41.5 Å². The summed E-state index contributed by atoms with van der Waals surface area (Å²) in [5, 5.41) is 24.4. The molecule has 8 nitrogen and oxygen atoms in total. The van der Waals surface area contributed by atoms with Gasteiger partial charge in [0.25, 0.3) is 0 Å². The van der Waals surface area contributed by atoms with Gasteiger partial charge in [-0.1, -0.05) is 48.9 Å². The molecule has 49 heavy (non-hydrogen) atoms. The number of benzene rings is 3. The number of nitrogens with zero attached hydrogens (tertiary/aromatic N) is 5. The number of thioether (sulfide) groups is 2. The van der Waals surface area contributed by atoms with Crippen molar-refractivity contribution in [2.45, 2.75) is 67.2 Å². The molecule has 2 aliphatic rings. The maximum absolute atomic E-state index is 13.0. The molecule has 0 saturated carbocycles. The van der Waals surface area contributed by atoms with Crippen molar-refractivity contribution in [1.29, 1.82) is 0 Å². The predicted molar refractivity (Wildman–Crippen MR) is 199 cm³/mol. The molecule has 1 atom stereocenters. The van der Waals surface area contributed by atoms with Gasteiger partial charge in [0, 0.05) is 76.1 Å². The quantitative estimate of drug-likeness (QED) is 0.182. The Hall–Kier alpha value is -3.86. The van der Waals surface area contributed by atoms with Gasteiger partial charge >= 0.3 is 5.97 Å². The van der Waals surface area contributed by atoms with Crippen molar-refractivity contribution in [2.24, 2.45) is 14.1 Å². The van der Waals surface area contributed by atoms with Crippen LogP contribution in [0.3, 0.4) is 0 Å².